The smallest absolute Gasteiger partial charge is 0.0556 e. The van der Waals surface area contributed by atoms with E-state index in [2.05, 4.69) is 234 Å². The number of allylic oxidation sites excluding steroid dienone is 18. The Morgan fingerprint density at radius 1 is 0.419 bits per heavy atom. The monoisotopic (exact) mass is 802 g/mol. The lowest BCUT2D eigenvalue weighted by Crippen LogP contribution is -2.34. The first-order chi connectivity index (χ1) is 30.7. The van der Waals surface area contributed by atoms with Crippen molar-refractivity contribution in [1.29, 1.82) is 0 Å². The molecule has 0 aromatic heterocycles. The van der Waals surface area contributed by atoms with Crippen molar-refractivity contribution in [3.05, 3.63) is 253 Å². The summed E-state index contributed by atoms with van der Waals surface area (Å²) in [4.78, 5) is 4.97. The van der Waals surface area contributed by atoms with E-state index in [-0.39, 0.29) is 6.04 Å². The van der Waals surface area contributed by atoms with Gasteiger partial charge in [0.1, 0.15) is 0 Å². The molecule has 2 nitrogen and oxygen atoms in total. The molecular weight excluding hydrogens is 749 g/mol. The second kappa shape index (κ2) is 18.4. The lowest BCUT2D eigenvalue weighted by atomic mass is 9.87. The van der Waals surface area contributed by atoms with Gasteiger partial charge < -0.3 is 9.80 Å². The molecule has 5 aromatic carbocycles. The molecule has 304 valence electrons. The summed E-state index contributed by atoms with van der Waals surface area (Å²) in [6, 6.07) is 47.7. The highest BCUT2D eigenvalue weighted by molar-refractivity contribution is 5.80. The maximum atomic E-state index is 2.59. The van der Waals surface area contributed by atoms with Gasteiger partial charge in [-0.2, -0.15) is 0 Å². The van der Waals surface area contributed by atoms with Crippen molar-refractivity contribution in [3.63, 3.8) is 0 Å². The largest absolute Gasteiger partial charge is 0.338 e. The van der Waals surface area contributed by atoms with Crippen LogP contribution in [0.1, 0.15) is 67.6 Å². The lowest BCUT2D eigenvalue weighted by molar-refractivity contribution is 0.699. The molecule has 0 radical (unpaired) electrons. The minimum Gasteiger partial charge on any atom is -0.338 e. The molecule has 0 aliphatic heterocycles. The normalized spacial score (nSPS) is 20.3. The second-order valence-electron chi connectivity index (χ2n) is 17.0. The summed E-state index contributed by atoms with van der Waals surface area (Å²) < 4.78 is 0. The molecule has 10 rings (SSSR count). The number of anilines is 4. The summed E-state index contributed by atoms with van der Waals surface area (Å²) in [5.41, 5.74) is 16.7. The number of benzene rings is 5. The van der Waals surface area contributed by atoms with Gasteiger partial charge in [0.15, 0.2) is 0 Å². The van der Waals surface area contributed by atoms with Gasteiger partial charge in [-0.3, -0.25) is 0 Å². The topological polar surface area (TPSA) is 6.48 Å². The van der Waals surface area contributed by atoms with Crippen molar-refractivity contribution in [2.45, 2.75) is 56.9 Å². The Hall–Kier alpha value is -6.90. The Labute approximate surface area is 368 Å². The van der Waals surface area contributed by atoms with E-state index in [0.717, 1.165) is 62.0 Å². The summed E-state index contributed by atoms with van der Waals surface area (Å²) in [5.74, 6) is 0.894. The minimum atomic E-state index is 0.256. The van der Waals surface area contributed by atoms with Gasteiger partial charge >= 0.3 is 0 Å². The van der Waals surface area contributed by atoms with Crippen molar-refractivity contribution in [1.82, 2.24) is 0 Å². The van der Waals surface area contributed by atoms with Gasteiger partial charge in [0, 0.05) is 40.3 Å². The van der Waals surface area contributed by atoms with Crippen LogP contribution >= 0.6 is 0 Å². The van der Waals surface area contributed by atoms with Crippen molar-refractivity contribution in [3.8, 4) is 11.1 Å². The predicted molar refractivity (Wildman–Crippen MR) is 265 cm³/mol. The molecule has 3 unspecified atom stereocenters. The number of hydrogen-bond acceptors (Lipinski definition) is 2. The van der Waals surface area contributed by atoms with Crippen LogP contribution in [0.4, 0.5) is 22.7 Å². The van der Waals surface area contributed by atoms with Gasteiger partial charge in [-0.05, 0) is 144 Å². The van der Waals surface area contributed by atoms with Crippen molar-refractivity contribution < 1.29 is 0 Å². The fraction of sp³-hybridized carbons (Fsp3) is 0.167. The first-order valence-corrected chi connectivity index (χ1v) is 22.6. The van der Waals surface area contributed by atoms with E-state index in [9.17, 15) is 0 Å². The molecule has 5 aliphatic carbocycles. The van der Waals surface area contributed by atoms with Crippen LogP contribution in [-0.4, -0.2) is 6.04 Å². The highest BCUT2D eigenvalue weighted by atomic mass is 15.2. The predicted octanol–water partition coefficient (Wildman–Crippen LogP) is 16.1. The van der Waals surface area contributed by atoms with Gasteiger partial charge in [-0.25, -0.2) is 0 Å². The number of rotatable bonds is 11. The van der Waals surface area contributed by atoms with Crippen LogP contribution in [0.3, 0.4) is 0 Å². The van der Waals surface area contributed by atoms with Crippen LogP contribution in [0.5, 0.6) is 0 Å². The fourth-order valence-electron chi connectivity index (χ4n) is 9.64. The maximum Gasteiger partial charge on any atom is 0.0556 e. The minimum absolute atomic E-state index is 0.256. The molecule has 3 atom stereocenters. The van der Waals surface area contributed by atoms with E-state index in [0.29, 0.717) is 11.8 Å². The number of nitrogens with zero attached hydrogens (tertiary/aromatic N) is 2. The molecule has 62 heavy (non-hydrogen) atoms. The molecular formula is C60H54N2. The van der Waals surface area contributed by atoms with Crippen LogP contribution in [0.15, 0.2) is 236 Å². The third-order valence-electron chi connectivity index (χ3n) is 13.1. The molecule has 0 N–H and O–H groups in total. The van der Waals surface area contributed by atoms with E-state index in [1.807, 2.05) is 0 Å². The molecule has 0 heterocycles. The Balaban J connectivity index is 0.927. The van der Waals surface area contributed by atoms with Crippen LogP contribution in [0.25, 0.3) is 22.3 Å². The summed E-state index contributed by atoms with van der Waals surface area (Å²) >= 11 is 0. The Kier molecular flexibility index (Phi) is 11.6. The van der Waals surface area contributed by atoms with Crippen molar-refractivity contribution in [2.24, 2.45) is 5.92 Å². The SMILES string of the molecule is C1=CCCC(c2ccc(N(c3ccc(-c4ccc(N(C5=CC=C(c6ccccc6)CC5)C5C=CC(C6C=CC=CC6)=CC5)cc4)cc3)c3ccc(C4C=CC=CC4)cc3)cc2)=C1. The molecule has 0 bridgehead atoms. The zero-order chi connectivity index (χ0) is 41.5. The van der Waals surface area contributed by atoms with Crippen LogP contribution in [-0.2, 0) is 0 Å². The van der Waals surface area contributed by atoms with Gasteiger partial charge in [0.25, 0.3) is 0 Å². The first-order valence-electron chi connectivity index (χ1n) is 22.6. The third kappa shape index (κ3) is 8.65. The Bertz CT molecular complexity index is 2670. The average Bonchev–Trinajstić information content (AvgIpc) is 3.36. The van der Waals surface area contributed by atoms with Crippen LogP contribution in [0.2, 0.25) is 0 Å². The summed E-state index contributed by atoms with van der Waals surface area (Å²) in [6.07, 6.45) is 43.9. The van der Waals surface area contributed by atoms with Gasteiger partial charge in [-0.1, -0.05) is 170 Å². The molecule has 0 spiro atoms. The summed E-state index contributed by atoms with van der Waals surface area (Å²) in [6.45, 7) is 0. The van der Waals surface area contributed by atoms with E-state index in [1.165, 1.54) is 55.9 Å². The molecule has 0 saturated carbocycles. The Morgan fingerprint density at radius 2 is 1.02 bits per heavy atom. The van der Waals surface area contributed by atoms with Crippen molar-refractivity contribution in [2.75, 3.05) is 9.80 Å². The van der Waals surface area contributed by atoms with E-state index >= 15 is 0 Å². The molecule has 0 fully saturated rings. The van der Waals surface area contributed by atoms with Crippen LogP contribution in [0, 0.1) is 5.92 Å². The first kappa shape index (κ1) is 39.2. The summed E-state index contributed by atoms with van der Waals surface area (Å²) in [7, 11) is 0. The zero-order valence-electron chi connectivity index (χ0n) is 35.4. The second-order valence-corrected chi connectivity index (χ2v) is 17.0. The summed E-state index contributed by atoms with van der Waals surface area (Å²) in [5, 5.41) is 0. The molecule has 0 saturated heterocycles. The Morgan fingerprint density at radius 3 is 1.58 bits per heavy atom. The molecule has 2 heteroatoms. The standard InChI is InChI=1S/C60H54N2/c1-5-13-45(14-6-1)49-21-33-55(34-22-49)61(56-35-23-50(24-36-56)46-15-7-2-8-16-46)59-41-29-53(30-42-59)54-31-43-60(44-32-54)62(57-37-25-51(26-38-57)47-17-9-3-10-18-47)58-39-27-52(28-40-58)48-19-11-4-12-20-48/h1-11,13-15,17,19,21,23-33,35,37-44,46-47,56H,12,16,18,20,22,34,36H2. The van der Waals surface area contributed by atoms with E-state index in [1.54, 1.807) is 0 Å². The highest BCUT2D eigenvalue weighted by Crippen LogP contribution is 2.40. The molecule has 5 aliphatic rings. The van der Waals surface area contributed by atoms with Crippen molar-refractivity contribution >= 4 is 33.9 Å². The zero-order valence-corrected chi connectivity index (χ0v) is 35.4. The van der Waals surface area contributed by atoms with Crippen LogP contribution < -0.4 is 9.80 Å². The third-order valence-corrected chi connectivity index (χ3v) is 13.1. The van der Waals surface area contributed by atoms with Gasteiger partial charge in [0.05, 0.1) is 6.04 Å². The average molecular weight is 803 g/mol. The van der Waals surface area contributed by atoms with E-state index < -0.39 is 0 Å². The molecule has 0 amide bonds. The fourth-order valence-corrected chi connectivity index (χ4v) is 9.64. The quantitative estimate of drug-likeness (QED) is 0.131. The van der Waals surface area contributed by atoms with Gasteiger partial charge in [0.2, 0.25) is 0 Å². The maximum absolute atomic E-state index is 2.59. The highest BCUT2D eigenvalue weighted by Gasteiger charge is 2.25. The molecule has 5 aromatic rings. The van der Waals surface area contributed by atoms with E-state index in [4.69, 9.17) is 0 Å². The number of hydrogen-bond donors (Lipinski definition) is 0. The van der Waals surface area contributed by atoms with Gasteiger partial charge in [-0.15, -0.1) is 0 Å². The lowest BCUT2D eigenvalue weighted by Gasteiger charge is -2.36.